The zero-order valence-corrected chi connectivity index (χ0v) is 13.2. The number of nitrogens with zero attached hydrogens (tertiary/aromatic N) is 1. The Morgan fingerprint density at radius 1 is 1.25 bits per heavy atom. The van der Waals surface area contributed by atoms with Crippen LogP contribution in [0.3, 0.4) is 0 Å². The highest BCUT2D eigenvalue weighted by molar-refractivity contribution is 5.30. The van der Waals surface area contributed by atoms with Crippen molar-refractivity contribution in [2.45, 2.75) is 51.7 Å². The van der Waals surface area contributed by atoms with Gasteiger partial charge in [0.1, 0.15) is 5.75 Å². The summed E-state index contributed by atoms with van der Waals surface area (Å²) in [6.45, 7) is 8.91. The van der Waals surface area contributed by atoms with Gasteiger partial charge >= 0.3 is 0 Å². The average Bonchev–Trinajstić information content (AvgIpc) is 3.30. The lowest BCUT2D eigenvalue weighted by Crippen LogP contribution is -2.44. The Hall–Kier alpha value is -1.06. The lowest BCUT2D eigenvalue weighted by atomic mass is 9.98. The third kappa shape index (κ3) is 3.53. The largest absolute Gasteiger partial charge is 0.497 e. The summed E-state index contributed by atoms with van der Waals surface area (Å²) in [5.74, 6) is 0.922. The monoisotopic (exact) mass is 276 g/mol. The lowest BCUT2D eigenvalue weighted by molar-refractivity contribution is 0.169. The van der Waals surface area contributed by atoms with Gasteiger partial charge in [-0.15, -0.1) is 0 Å². The molecule has 0 aromatic heterocycles. The Balaban J connectivity index is 2.15. The zero-order valence-electron chi connectivity index (χ0n) is 13.2. The molecule has 3 heteroatoms. The van der Waals surface area contributed by atoms with E-state index in [0.717, 1.165) is 24.9 Å². The van der Waals surface area contributed by atoms with Crippen molar-refractivity contribution in [3.05, 3.63) is 29.8 Å². The summed E-state index contributed by atoms with van der Waals surface area (Å²) in [6, 6.07) is 10.2. The molecule has 1 saturated carbocycles. The van der Waals surface area contributed by atoms with Crippen LogP contribution in [0.5, 0.6) is 5.75 Å². The van der Waals surface area contributed by atoms with Crippen molar-refractivity contribution in [3.63, 3.8) is 0 Å². The minimum absolute atomic E-state index is 0.381. The smallest absolute Gasteiger partial charge is 0.118 e. The van der Waals surface area contributed by atoms with Gasteiger partial charge in [-0.2, -0.15) is 0 Å². The number of methoxy groups -OCH3 is 1. The highest BCUT2D eigenvalue weighted by atomic mass is 16.5. The molecule has 0 radical (unpaired) electrons. The number of nitrogens with one attached hydrogen (secondary N) is 1. The molecule has 2 atom stereocenters. The summed E-state index contributed by atoms with van der Waals surface area (Å²) in [5, 5.41) is 3.65. The molecule has 0 aliphatic heterocycles. The van der Waals surface area contributed by atoms with Crippen molar-refractivity contribution in [1.29, 1.82) is 0 Å². The summed E-state index contributed by atoms with van der Waals surface area (Å²) in [7, 11) is 1.71. The van der Waals surface area contributed by atoms with Gasteiger partial charge in [0.05, 0.1) is 7.11 Å². The summed E-state index contributed by atoms with van der Waals surface area (Å²) in [4.78, 5) is 2.64. The molecule has 0 heterocycles. The van der Waals surface area contributed by atoms with Crippen LogP contribution in [0.4, 0.5) is 0 Å². The molecule has 2 rings (SSSR count). The Labute approximate surface area is 123 Å². The highest BCUT2D eigenvalue weighted by Crippen LogP contribution is 2.32. The van der Waals surface area contributed by atoms with E-state index in [1.54, 1.807) is 7.11 Å². The zero-order chi connectivity index (χ0) is 14.5. The van der Waals surface area contributed by atoms with Gasteiger partial charge in [0.25, 0.3) is 0 Å². The fraction of sp³-hybridized carbons (Fsp3) is 0.647. The standard InChI is InChI=1S/C17H28N2O/c1-5-18-17(13(3)19(6-2)15-9-10-15)14-7-11-16(20-4)12-8-14/h7-8,11-13,15,17-18H,5-6,9-10H2,1-4H3. The van der Waals surface area contributed by atoms with E-state index >= 15 is 0 Å². The fourth-order valence-corrected chi connectivity index (χ4v) is 3.07. The molecule has 20 heavy (non-hydrogen) atoms. The summed E-state index contributed by atoms with van der Waals surface area (Å²) in [5.41, 5.74) is 1.35. The predicted molar refractivity (Wildman–Crippen MR) is 84.3 cm³/mol. The topological polar surface area (TPSA) is 24.5 Å². The SMILES string of the molecule is CCNC(c1ccc(OC)cc1)C(C)N(CC)C1CC1. The molecule has 1 aromatic rings. The molecule has 1 aromatic carbocycles. The molecular weight excluding hydrogens is 248 g/mol. The van der Waals surface area contributed by atoms with Crippen LogP contribution in [0.1, 0.15) is 45.2 Å². The predicted octanol–water partition coefficient (Wildman–Crippen LogP) is 3.22. The molecule has 1 aliphatic carbocycles. The van der Waals surface area contributed by atoms with Crippen molar-refractivity contribution >= 4 is 0 Å². The molecule has 1 aliphatic rings. The molecule has 1 N–H and O–H groups in total. The van der Waals surface area contributed by atoms with Gasteiger partial charge in [0, 0.05) is 18.1 Å². The highest BCUT2D eigenvalue weighted by Gasteiger charge is 2.34. The van der Waals surface area contributed by atoms with E-state index in [1.165, 1.54) is 18.4 Å². The first-order chi connectivity index (χ1) is 9.71. The van der Waals surface area contributed by atoms with Gasteiger partial charge in [0.2, 0.25) is 0 Å². The second-order valence-corrected chi connectivity index (χ2v) is 5.61. The number of likely N-dealkylation sites (N-methyl/N-ethyl adjacent to an activating group) is 2. The molecule has 112 valence electrons. The lowest BCUT2D eigenvalue weighted by Gasteiger charge is -2.35. The van der Waals surface area contributed by atoms with Gasteiger partial charge in [-0.05, 0) is 50.6 Å². The van der Waals surface area contributed by atoms with Crippen LogP contribution in [0, 0.1) is 0 Å². The van der Waals surface area contributed by atoms with E-state index in [4.69, 9.17) is 4.74 Å². The van der Waals surface area contributed by atoms with E-state index < -0.39 is 0 Å². The quantitative estimate of drug-likeness (QED) is 0.789. The van der Waals surface area contributed by atoms with E-state index in [9.17, 15) is 0 Å². The molecule has 1 fully saturated rings. The molecule has 2 unspecified atom stereocenters. The van der Waals surface area contributed by atoms with Crippen molar-refractivity contribution in [1.82, 2.24) is 10.2 Å². The third-order valence-electron chi connectivity index (χ3n) is 4.29. The van der Waals surface area contributed by atoms with Crippen molar-refractivity contribution in [2.75, 3.05) is 20.2 Å². The summed E-state index contributed by atoms with van der Waals surface area (Å²) in [6.07, 6.45) is 2.72. The Kier molecular flexibility index (Phi) is 5.44. The minimum Gasteiger partial charge on any atom is -0.497 e. The summed E-state index contributed by atoms with van der Waals surface area (Å²) < 4.78 is 5.26. The first kappa shape index (κ1) is 15.3. The minimum atomic E-state index is 0.381. The van der Waals surface area contributed by atoms with Crippen LogP contribution in [0.2, 0.25) is 0 Å². The number of hydrogen-bond donors (Lipinski definition) is 1. The Morgan fingerprint density at radius 2 is 1.90 bits per heavy atom. The van der Waals surface area contributed by atoms with Crippen molar-refractivity contribution in [2.24, 2.45) is 0 Å². The Bertz CT molecular complexity index is 400. The van der Waals surface area contributed by atoms with Gasteiger partial charge in [-0.3, -0.25) is 4.90 Å². The Morgan fingerprint density at radius 3 is 2.35 bits per heavy atom. The maximum absolute atomic E-state index is 5.26. The maximum atomic E-state index is 5.26. The van der Waals surface area contributed by atoms with Crippen molar-refractivity contribution in [3.8, 4) is 5.75 Å². The van der Waals surface area contributed by atoms with Crippen molar-refractivity contribution < 1.29 is 4.74 Å². The molecular formula is C17H28N2O. The van der Waals surface area contributed by atoms with E-state index in [-0.39, 0.29) is 0 Å². The number of ether oxygens (including phenoxy) is 1. The second-order valence-electron chi connectivity index (χ2n) is 5.61. The number of benzene rings is 1. The van der Waals surface area contributed by atoms with Crippen LogP contribution in [-0.4, -0.2) is 37.2 Å². The average molecular weight is 276 g/mol. The van der Waals surface area contributed by atoms with Gasteiger partial charge < -0.3 is 10.1 Å². The van der Waals surface area contributed by atoms with Gasteiger partial charge in [0.15, 0.2) is 0 Å². The molecule has 0 bridgehead atoms. The van der Waals surface area contributed by atoms with Gasteiger partial charge in [-0.1, -0.05) is 26.0 Å². The normalized spacial score (nSPS) is 18.1. The fourth-order valence-electron chi connectivity index (χ4n) is 3.07. The number of rotatable bonds is 8. The van der Waals surface area contributed by atoms with E-state index in [0.29, 0.717) is 12.1 Å². The first-order valence-electron chi connectivity index (χ1n) is 7.84. The van der Waals surface area contributed by atoms with Crippen LogP contribution < -0.4 is 10.1 Å². The number of hydrogen-bond acceptors (Lipinski definition) is 3. The molecule has 0 spiro atoms. The van der Waals surface area contributed by atoms with E-state index in [1.807, 2.05) is 0 Å². The van der Waals surface area contributed by atoms with Crippen LogP contribution in [0.15, 0.2) is 24.3 Å². The second kappa shape index (κ2) is 7.09. The first-order valence-corrected chi connectivity index (χ1v) is 7.84. The molecule has 0 saturated heterocycles. The van der Waals surface area contributed by atoms with Crippen LogP contribution in [-0.2, 0) is 0 Å². The van der Waals surface area contributed by atoms with Gasteiger partial charge in [-0.25, -0.2) is 0 Å². The van der Waals surface area contributed by atoms with Crippen LogP contribution in [0.25, 0.3) is 0 Å². The molecule has 0 amide bonds. The summed E-state index contributed by atoms with van der Waals surface area (Å²) >= 11 is 0. The maximum Gasteiger partial charge on any atom is 0.118 e. The third-order valence-corrected chi connectivity index (χ3v) is 4.29. The molecule has 3 nitrogen and oxygen atoms in total. The van der Waals surface area contributed by atoms with E-state index in [2.05, 4.69) is 55.3 Å². The van der Waals surface area contributed by atoms with Crippen LogP contribution >= 0.6 is 0 Å².